The van der Waals surface area contributed by atoms with Gasteiger partial charge in [-0.3, -0.25) is 4.79 Å². The van der Waals surface area contributed by atoms with Crippen LogP contribution in [0.2, 0.25) is 0 Å². The highest BCUT2D eigenvalue weighted by Crippen LogP contribution is 2.37. The van der Waals surface area contributed by atoms with Crippen LogP contribution in [-0.4, -0.2) is 43.9 Å². The van der Waals surface area contributed by atoms with Crippen molar-refractivity contribution in [2.45, 2.75) is 58.8 Å². The number of carbonyl (C=O) groups excluding carboxylic acids is 1. The molecular weight excluding hydrogens is 307 g/mol. The number of ketones is 1. The van der Waals surface area contributed by atoms with E-state index in [0.717, 1.165) is 11.0 Å². The molecular formula is C18H25BO5. The van der Waals surface area contributed by atoms with Gasteiger partial charge in [0.25, 0.3) is 0 Å². The molecule has 0 atom stereocenters. The van der Waals surface area contributed by atoms with Crippen LogP contribution in [0.25, 0.3) is 0 Å². The van der Waals surface area contributed by atoms with E-state index in [1.807, 2.05) is 46.8 Å². The summed E-state index contributed by atoms with van der Waals surface area (Å²) >= 11 is 0. The zero-order chi connectivity index (χ0) is 17.5. The molecule has 1 spiro atoms. The molecule has 0 aromatic heterocycles. The quantitative estimate of drug-likeness (QED) is 0.775. The maximum absolute atomic E-state index is 12.5. The van der Waals surface area contributed by atoms with E-state index in [4.69, 9.17) is 18.8 Å². The highest BCUT2D eigenvalue weighted by Gasteiger charge is 2.47. The maximum Gasteiger partial charge on any atom is 0.494 e. The molecule has 1 fully saturated rings. The topological polar surface area (TPSA) is 54.0 Å². The molecule has 2 heterocycles. The number of Topliss-reactive ketones (excluding diaryl/α,β-unsaturated/α-hetero) is 1. The van der Waals surface area contributed by atoms with E-state index in [1.165, 1.54) is 0 Å². The van der Waals surface area contributed by atoms with Gasteiger partial charge in [0.15, 0.2) is 11.4 Å². The number of benzene rings is 1. The first-order chi connectivity index (χ1) is 11.3. The van der Waals surface area contributed by atoms with Crippen LogP contribution < -0.4 is 10.2 Å². The number of aryl methyl sites for hydroxylation is 1. The maximum atomic E-state index is 12.5. The van der Waals surface area contributed by atoms with Crippen molar-refractivity contribution in [3.8, 4) is 5.75 Å². The van der Waals surface area contributed by atoms with E-state index in [0.29, 0.717) is 30.9 Å². The van der Waals surface area contributed by atoms with Crippen LogP contribution in [0.5, 0.6) is 5.75 Å². The van der Waals surface area contributed by atoms with Gasteiger partial charge in [0.1, 0.15) is 5.75 Å². The molecule has 1 aromatic rings. The van der Waals surface area contributed by atoms with E-state index in [2.05, 4.69) is 0 Å². The molecule has 0 radical (unpaired) electrons. The molecule has 0 bridgehead atoms. The van der Waals surface area contributed by atoms with Gasteiger partial charge in [0.2, 0.25) is 0 Å². The Kier molecular flexibility index (Phi) is 4.73. The summed E-state index contributed by atoms with van der Waals surface area (Å²) in [6.45, 7) is 10.8. The summed E-state index contributed by atoms with van der Waals surface area (Å²) in [7, 11) is -0.482. The van der Waals surface area contributed by atoms with Gasteiger partial charge in [-0.2, -0.15) is 0 Å². The lowest BCUT2D eigenvalue weighted by atomic mass is 9.73. The van der Waals surface area contributed by atoms with Crippen molar-refractivity contribution < 1.29 is 23.6 Å². The predicted octanol–water partition coefficient (Wildman–Crippen LogP) is 2.27. The smallest absolute Gasteiger partial charge is 0.481 e. The molecule has 5 nitrogen and oxygen atoms in total. The molecule has 0 aliphatic carbocycles. The molecule has 24 heavy (non-hydrogen) atoms. The fourth-order valence-electron chi connectivity index (χ4n) is 3.08. The van der Waals surface area contributed by atoms with Gasteiger partial charge >= 0.3 is 7.12 Å². The second-order valence-electron chi connectivity index (χ2n) is 7.28. The highest BCUT2D eigenvalue weighted by molar-refractivity contribution is 6.62. The minimum absolute atomic E-state index is 0.0260. The zero-order valence-corrected chi connectivity index (χ0v) is 15.0. The Hall–Kier alpha value is -1.37. The van der Waals surface area contributed by atoms with Gasteiger partial charge < -0.3 is 18.8 Å². The summed E-state index contributed by atoms with van der Waals surface area (Å²) in [6, 6.07) is 3.79. The Bertz CT molecular complexity index is 627. The Morgan fingerprint density at radius 2 is 1.75 bits per heavy atom. The number of rotatable bonds is 5. The minimum atomic E-state index is -0.482. The average Bonchev–Trinajstić information content (AvgIpc) is 2.44. The van der Waals surface area contributed by atoms with Crippen molar-refractivity contribution in [1.29, 1.82) is 0 Å². The van der Waals surface area contributed by atoms with Crippen LogP contribution in [0.3, 0.4) is 0 Å². The highest BCUT2D eigenvalue weighted by atomic mass is 16.6. The fraction of sp³-hybridized carbons (Fsp3) is 0.611. The van der Waals surface area contributed by atoms with E-state index >= 15 is 0 Å². The molecule has 0 unspecified atom stereocenters. The summed E-state index contributed by atoms with van der Waals surface area (Å²) in [5, 5.41) is 0. The molecule has 1 aromatic carbocycles. The van der Waals surface area contributed by atoms with Gasteiger partial charge in [0, 0.05) is 12.2 Å². The van der Waals surface area contributed by atoms with Crippen LogP contribution in [0.15, 0.2) is 12.1 Å². The standard InChI is InChI=1S/C18H25BO5/c1-11(2)23-19(24-12(3)4)15-7-17-14(6-13(15)5)16(20)8-18(22-17)9-21-10-18/h6-7,11-12H,8-10H2,1-5H3. The summed E-state index contributed by atoms with van der Waals surface area (Å²) in [6.07, 6.45) is 0.434. The predicted molar refractivity (Wildman–Crippen MR) is 92.1 cm³/mol. The van der Waals surface area contributed by atoms with Crippen molar-refractivity contribution in [3.63, 3.8) is 0 Å². The van der Waals surface area contributed by atoms with Crippen molar-refractivity contribution in [2.24, 2.45) is 0 Å². The lowest BCUT2D eigenvalue weighted by Gasteiger charge is -2.44. The zero-order valence-electron chi connectivity index (χ0n) is 15.0. The Balaban J connectivity index is 1.96. The van der Waals surface area contributed by atoms with Gasteiger partial charge in [-0.25, -0.2) is 0 Å². The molecule has 0 amide bonds. The first kappa shape index (κ1) is 17.5. The molecule has 2 aliphatic rings. The second-order valence-corrected chi connectivity index (χ2v) is 7.28. The van der Waals surface area contributed by atoms with E-state index in [-0.39, 0.29) is 18.0 Å². The van der Waals surface area contributed by atoms with Gasteiger partial charge in [-0.1, -0.05) is 5.56 Å². The largest absolute Gasteiger partial charge is 0.494 e. The molecule has 2 aliphatic heterocycles. The first-order valence-corrected chi connectivity index (χ1v) is 8.55. The number of fused-ring (bicyclic) bond motifs is 1. The Morgan fingerprint density at radius 3 is 2.25 bits per heavy atom. The minimum Gasteiger partial charge on any atom is -0.481 e. The fourth-order valence-corrected chi connectivity index (χ4v) is 3.08. The Labute approximate surface area is 143 Å². The van der Waals surface area contributed by atoms with E-state index in [9.17, 15) is 4.79 Å². The SMILES string of the molecule is Cc1cc2c(cc1B(OC(C)C)OC(C)C)OC1(COC1)CC2=O. The summed E-state index contributed by atoms with van der Waals surface area (Å²) in [5.41, 5.74) is 2.03. The third-order valence-electron chi connectivity index (χ3n) is 4.25. The van der Waals surface area contributed by atoms with Gasteiger partial charge in [0.05, 0.1) is 25.2 Å². The third-order valence-corrected chi connectivity index (χ3v) is 4.25. The monoisotopic (exact) mass is 332 g/mol. The number of hydrogen-bond acceptors (Lipinski definition) is 5. The molecule has 1 saturated heterocycles. The number of ether oxygens (including phenoxy) is 2. The average molecular weight is 332 g/mol. The summed E-state index contributed by atoms with van der Waals surface area (Å²) in [5.74, 6) is 0.722. The van der Waals surface area contributed by atoms with Crippen LogP contribution in [0.1, 0.15) is 50.0 Å². The third kappa shape index (κ3) is 3.36. The summed E-state index contributed by atoms with van der Waals surface area (Å²) < 4.78 is 23.3. The first-order valence-electron chi connectivity index (χ1n) is 8.55. The summed E-state index contributed by atoms with van der Waals surface area (Å²) in [4.78, 5) is 12.5. The Morgan fingerprint density at radius 1 is 1.12 bits per heavy atom. The molecule has 0 N–H and O–H groups in total. The normalized spacial score (nSPS) is 18.5. The molecule has 130 valence electrons. The van der Waals surface area contributed by atoms with Crippen molar-refractivity contribution in [2.75, 3.05) is 13.2 Å². The van der Waals surface area contributed by atoms with Crippen LogP contribution in [0, 0.1) is 6.92 Å². The lowest BCUT2D eigenvalue weighted by molar-refractivity contribution is -0.162. The number of carbonyl (C=O) groups is 1. The second kappa shape index (κ2) is 6.50. The number of hydrogen-bond donors (Lipinski definition) is 0. The van der Waals surface area contributed by atoms with Crippen LogP contribution in [0.4, 0.5) is 0 Å². The van der Waals surface area contributed by atoms with E-state index in [1.54, 1.807) is 0 Å². The van der Waals surface area contributed by atoms with Crippen molar-refractivity contribution in [3.05, 3.63) is 23.3 Å². The van der Waals surface area contributed by atoms with Crippen molar-refractivity contribution >= 4 is 18.4 Å². The lowest BCUT2D eigenvalue weighted by Crippen LogP contribution is -2.57. The van der Waals surface area contributed by atoms with Crippen molar-refractivity contribution in [1.82, 2.24) is 0 Å². The molecule has 6 heteroatoms. The molecule has 3 rings (SSSR count). The van der Waals surface area contributed by atoms with Crippen LogP contribution in [-0.2, 0) is 14.0 Å². The van der Waals surface area contributed by atoms with Gasteiger partial charge in [-0.05, 0) is 52.2 Å². The van der Waals surface area contributed by atoms with Crippen LogP contribution >= 0.6 is 0 Å². The molecule has 0 saturated carbocycles. The van der Waals surface area contributed by atoms with Gasteiger partial charge in [-0.15, -0.1) is 0 Å². The van der Waals surface area contributed by atoms with E-state index < -0.39 is 12.7 Å².